The van der Waals surface area contributed by atoms with E-state index in [1.165, 1.54) is 19.8 Å². The molecule has 0 aliphatic rings. The summed E-state index contributed by atoms with van der Waals surface area (Å²) in [6.07, 6.45) is 0. The number of hydrogen-bond acceptors (Lipinski definition) is 6. The molecule has 2 aromatic carbocycles. The van der Waals surface area contributed by atoms with Crippen LogP contribution in [0.2, 0.25) is 0 Å². The van der Waals surface area contributed by atoms with Crippen LogP contribution in [0.1, 0.15) is 22.8 Å². The second-order valence-corrected chi connectivity index (χ2v) is 6.33. The van der Waals surface area contributed by atoms with E-state index in [1.807, 2.05) is 24.3 Å². The van der Waals surface area contributed by atoms with Crippen molar-refractivity contribution in [3.8, 4) is 11.5 Å². The molecule has 1 aromatic heterocycles. The molecular formula is C22H24N4O3. The molecule has 1 amide bonds. The molecule has 0 atom stereocenters. The highest BCUT2D eigenvalue weighted by atomic mass is 16.5. The van der Waals surface area contributed by atoms with Gasteiger partial charge in [-0.1, -0.05) is 30.3 Å². The molecule has 0 spiro atoms. The number of carbonyl (C=O) groups is 1. The van der Waals surface area contributed by atoms with Crippen LogP contribution in [0.25, 0.3) is 0 Å². The zero-order valence-corrected chi connectivity index (χ0v) is 16.8. The van der Waals surface area contributed by atoms with Crippen molar-refractivity contribution in [3.63, 3.8) is 0 Å². The second-order valence-electron chi connectivity index (χ2n) is 6.33. The van der Waals surface area contributed by atoms with Gasteiger partial charge in [0.2, 0.25) is 0 Å². The minimum atomic E-state index is -0.319. The summed E-state index contributed by atoms with van der Waals surface area (Å²) in [4.78, 5) is 14.7. The molecule has 29 heavy (non-hydrogen) atoms. The standard InChI is InChI=1S/C22H24N4O3/c1-4-26(15-16-8-6-5-7-9-16)21-11-10-20(24-25-21)23-22(27)17-12-18(28-2)14-19(13-17)29-3/h5-14H,4,15H2,1-3H3,(H,23,24,27). The summed E-state index contributed by atoms with van der Waals surface area (Å²) in [7, 11) is 3.07. The third-order valence-corrected chi connectivity index (χ3v) is 4.43. The summed E-state index contributed by atoms with van der Waals surface area (Å²) in [6.45, 7) is 3.59. The second kappa shape index (κ2) is 9.54. The molecule has 0 aliphatic carbocycles. The molecule has 0 saturated heterocycles. The fourth-order valence-electron chi connectivity index (χ4n) is 2.85. The van der Waals surface area contributed by atoms with Gasteiger partial charge in [0, 0.05) is 24.7 Å². The van der Waals surface area contributed by atoms with E-state index in [4.69, 9.17) is 9.47 Å². The predicted molar refractivity (Wildman–Crippen MR) is 113 cm³/mol. The molecule has 7 nitrogen and oxygen atoms in total. The summed E-state index contributed by atoms with van der Waals surface area (Å²) in [5, 5.41) is 11.2. The molecule has 0 radical (unpaired) electrons. The number of benzene rings is 2. The lowest BCUT2D eigenvalue weighted by Crippen LogP contribution is -2.23. The molecule has 0 bridgehead atoms. The van der Waals surface area contributed by atoms with Gasteiger partial charge in [-0.25, -0.2) is 0 Å². The van der Waals surface area contributed by atoms with E-state index in [2.05, 4.69) is 39.5 Å². The molecule has 0 saturated carbocycles. The number of nitrogens with zero attached hydrogens (tertiary/aromatic N) is 3. The normalized spacial score (nSPS) is 10.3. The molecule has 3 aromatic rings. The van der Waals surface area contributed by atoms with Crippen molar-refractivity contribution < 1.29 is 14.3 Å². The Morgan fingerprint density at radius 3 is 2.21 bits per heavy atom. The number of methoxy groups -OCH3 is 2. The molecule has 150 valence electrons. The molecule has 0 aliphatic heterocycles. The Hall–Kier alpha value is -3.61. The zero-order chi connectivity index (χ0) is 20.6. The van der Waals surface area contributed by atoms with Gasteiger partial charge in [0.05, 0.1) is 14.2 Å². The molecule has 1 N–H and O–H groups in total. The van der Waals surface area contributed by atoms with E-state index in [0.29, 0.717) is 22.9 Å². The Labute approximate surface area is 170 Å². The number of nitrogens with one attached hydrogen (secondary N) is 1. The van der Waals surface area contributed by atoms with Gasteiger partial charge in [0.15, 0.2) is 11.6 Å². The van der Waals surface area contributed by atoms with E-state index < -0.39 is 0 Å². The monoisotopic (exact) mass is 392 g/mol. The quantitative estimate of drug-likeness (QED) is 0.629. The van der Waals surface area contributed by atoms with Gasteiger partial charge in [-0.2, -0.15) is 0 Å². The van der Waals surface area contributed by atoms with Gasteiger partial charge in [0.1, 0.15) is 11.5 Å². The lowest BCUT2D eigenvalue weighted by molar-refractivity contribution is 0.102. The van der Waals surface area contributed by atoms with Crippen LogP contribution in [0.5, 0.6) is 11.5 Å². The fourth-order valence-corrected chi connectivity index (χ4v) is 2.85. The van der Waals surface area contributed by atoms with Crippen molar-refractivity contribution in [2.45, 2.75) is 13.5 Å². The smallest absolute Gasteiger partial charge is 0.257 e. The number of rotatable bonds is 8. The third kappa shape index (κ3) is 5.22. The van der Waals surface area contributed by atoms with Gasteiger partial charge in [-0.05, 0) is 36.8 Å². The largest absolute Gasteiger partial charge is 0.497 e. The van der Waals surface area contributed by atoms with E-state index in [0.717, 1.165) is 18.9 Å². The number of hydrogen-bond donors (Lipinski definition) is 1. The number of carbonyl (C=O) groups excluding carboxylic acids is 1. The third-order valence-electron chi connectivity index (χ3n) is 4.43. The predicted octanol–water partition coefficient (Wildman–Crippen LogP) is 3.77. The van der Waals surface area contributed by atoms with Crippen molar-refractivity contribution in [2.75, 3.05) is 31.0 Å². The first-order valence-electron chi connectivity index (χ1n) is 9.30. The van der Waals surface area contributed by atoms with Crippen molar-refractivity contribution in [1.82, 2.24) is 10.2 Å². The maximum Gasteiger partial charge on any atom is 0.257 e. The van der Waals surface area contributed by atoms with Crippen LogP contribution < -0.4 is 19.7 Å². The van der Waals surface area contributed by atoms with Crippen LogP contribution in [0.3, 0.4) is 0 Å². The highest BCUT2D eigenvalue weighted by Gasteiger charge is 2.12. The highest BCUT2D eigenvalue weighted by molar-refractivity contribution is 6.04. The first-order chi connectivity index (χ1) is 14.1. The zero-order valence-electron chi connectivity index (χ0n) is 16.8. The van der Waals surface area contributed by atoms with Crippen LogP contribution in [0.4, 0.5) is 11.6 Å². The summed E-state index contributed by atoms with van der Waals surface area (Å²) < 4.78 is 10.4. The van der Waals surface area contributed by atoms with Crippen molar-refractivity contribution in [1.29, 1.82) is 0 Å². The minimum absolute atomic E-state index is 0.319. The van der Waals surface area contributed by atoms with E-state index in [9.17, 15) is 4.79 Å². The summed E-state index contributed by atoms with van der Waals surface area (Å²) in [6, 6.07) is 18.7. The van der Waals surface area contributed by atoms with Gasteiger partial charge >= 0.3 is 0 Å². The van der Waals surface area contributed by atoms with Crippen LogP contribution >= 0.6 is 0 Å². The van der Waals surface area contributed by atoms with Gasteiger partial charge in [-0.15, -0.1) is 10.2 Å². The van der Waals surface area contributed by atoms with Crippen LogP contribution in [0, 0.1) is 0 Å². The van der Waals surface area contributed by atoms with Crippen LogP contribution in [-0.4, -0.2) is 36.9 Å². The van der Waals surface area contributed by atoms with Crippen LogP contribution in [-0.2, 0) is 6.54 Å². The first-order valence-corrected chi connectivity index (χ1v) is 9.30. The number of ether oxygens (including phenoxy) is 2. The Kier molecular flexibility index (Phi) is 6.63. The Morgan fingerprint density at radius 2 is 1.66 bits per heavy atom. The number of amides is 1. The van der Waals surface area contributed by atoms with Crippen molar-refractivity contribution >= 4 is 17.5 Å². The molecule has 1 heterocycles. The maximum absolute atomic E-state index is 12.6. The van der Waals surface area contributed by atoms with Gasteiger partial charge < -0.3 is 19.7 Å². The topological polar surface area (TPSA) is 76.6 Å². The molecular weight excluding hydrogens is 368 g/mol. The molecule has 0 fully saturated rings. The summed E-state index contributed by atoms with van der Waals surface area (Å²) in [5.74, 6) is 1.88. The van der Waals surface area contributed by atoms with Gasteiger partial charge in [0.25, 0.3) is 5.91 Å². The summed E-state index contributed by atoms with van der Waals surface area (Å²) in [5.41, 5.74) is 1.60. The molecule has 0 unspecified atom stereocenters. The van der Waals surface area contributed by atoms with E-state index in [1.54, 1.807) is 24.3 Å². The Balaban J connectivity index is 1.70. The molecule has 7 heteroatoms. The molecule has 3 rings (SSSR count). The van der Waals surface area contributed by atoms with E-state index in [-0.39, 0.29) is 5.91 Å². The average Bonchev–Trinajstić information content (AvgIpc) is 2.78. The van der Waals surface area contributed by atoms with Crippen LogP contribution in [0.15, 0.2) is 60.7 Å². The lowest BCUT2D eigenvalue weighted by Gasteiger charge is -2.21. The van der Waals surface area contributed by atoms with Crippen molar-refractivity contribution in [3.05, 3.63) is 71.8 Å². The number of anilines is 2. The Morgan fingerprint density at radius 1 is 0.966 bits per heavy atom. The fraction of sp³-hybridized carbons (Fsp3) is 0.227. The highest BCUT2D eigenvalue weighted by Crippen LogP contribution is 2.23. The summed E-state index contributed by atoms with van der Waals surface area (Å²) >= 11 is 0. The Bertz CT molecular complexity index is 924. The minimum Gasteiger partial charge on any atom is -0.497 e. The maximum atomic E-state index is 12.6. The SMILES string of the molecule is CCN(Cc1ccccc1)c1ccc(NC(=O)c2cc(OC)cc(OC)c2)nn1. The number of aromatic nitrogens is 2. The van der Waals surface area contributed by atoms with Gasteiger partial charge in [-0.3, -0.25) is 4.79 Å². The van der Waals surface area contributed by atoms with Crippen molar-refractivity contribution in [2.24, 2.45) is 0 Å². The first kappa shape index (κ1) is 20.1. The average molecular weight is 392 g/mol. The lowest BCUT2D eigenvalue weighted by atomic mass is 10.2. The van der Waals surface area contributed by atoms with E-state index >= 15 is 0 Å².